The van der Waals surface area contributed by atoms with Gasteiger partial charge in [-0.1, -0.05) is 6.92 Å². The molecule has 0 aliphatic heterocycles. The zero-order chi connectivity index (χ0) is 12.8. The molecule has 0 aliphatic carbocycles. The van der Waals surface area contributed by atoms with Crippen molar-refractivity contribution in [3.8, 4) is 11.5 Å². The fraction of sp³-hybridized carbons (Fsp3) is 0.462. The van der Waals surface area contributed by atoms with Crippen molar-refractivity contribution in [1.29, 1.82) is 0 Å². The molecule has 1 amide bonds. The van der Waals surface area contributed by atoms with E-state index in [0.29, 0.717) is 17.1 Å². The Morgan fingerprint density at radius 2 is 2.06 bits per heavy atom. The highest BCUT2D eigenvalue weighted by Gasteiger charge is 2.14. The van der Waals surface area contributed by atoms with Gasteiger partial charge in [0.15, 0.2) is 0 Å². The van der Waals surface area contributed by atoms with Gasteiger partial charge in [0, 0.05) is 12.1 Å². The van der Waals surface area contributed by atoms with Gasteiger partial charge in [0.05, 0.1) is 19.8 Å². The van der Waals surface area contributed by atoms with Crippen LogP contribution >= 0.6 is 0 Å². The monoisotopic (exact) mass is 237 g/mol. The molecular formula is C13H19NO3. The average molecular weight is 237 g/mol. The van der Waals surface area contributed by atoms with Crippen molar-refractivity contribution in [2.75, 3.05) is 14.2 Å². The van der Waals surface area contributed by atoms with Crippen molar-refractivity contribution in [2.45, 2.75) is 26.3 Å². The summed E-state index contributed by atoms with van der Waals surface area (Å²) in [6.45, 7) is 3.99. The number of nitrogens with one attached hydrogen (secondary N) is 1. The third-order valence-corrected chi connectivity index (χ3v) is 2.64. The van der Waals surface area contributed by atoms with E-state index in [2.05, 4.69) is 5.32 Å². The van der Waals surface area contributed by atoms with Crippen LogP contribution in [0.3, 0.4) is 0 Å². The first kappa shape index (κ1) is 13.4. The molecular weight excluding hydrogens is 218 g/mol. The van der Waals surface area contributed by atoms with Gasteiger partial charge in [0.2, 0.25) is 0 Å². The van der Waals surface area contributed by atoms with Gasteiger partial charge < -0.3 is 14.8 Å². The molecule has 1 aromatic rings. The first-order chi connectivity index (χ1) is 8.12. The molecule has 0 heterocycles. The summed E-state index contributed by atoms with van der Waals surface area (Å²) < 4.78 is 10.3. The summed E-state index contributed by atoms with van der Waals surface area (Å²) in [5.41, 5.74) is 0.522. The highest BCUT2D eigenvalue weighted by Crippen LogP contribution is 2.24. The van der Waals surface area contributed by atoms with E-state index < -0.39 is 0 Å². The summed E-state index contributed by atoms with van der Waals surface area (Å²) in [6, 6.07) is 5.30. The van der Waals surface area contributed by atoms with Crippen LogP contribution in [0, 0.1) is 0 Å². The molecule has 4 nitrogen and oxygen atoms in total. The van der Waals surface area contributed by atoms with Crippen LogP contribution in [0.2, 0.25) is 0 Å². The third-order valence-electron chi connectivity index (χ3n) is 2.64. The van der Waals surface area contributed by atoms with E-state index in [1.54, 1.807) is 25.3 Å². The smallest absolute Gasteiger partial charge is 0.255 e. The zero-order valence-corrected chi connectivity index (χ0v) is 10.7. The second-order valence-electron chi connectivity index (χ2n) is 3.85. The van der Waals surface area contributed by atoms with E-state index in [4.69, 9.17) is 9.47 Å². The number of hydrogen-bond acceptors (Lipinski definition) is 3. The average Bonchev–Trinajstić information content (AvgIpc) is 2.37. The minimum Gasteiger partial charge on any atom is -0.497 e. The number of hydrogen-bond donors (Lipinski definition) is 1. The van der Waals surface area contributed by atoms with Gasteiger partial charge in [0.1, 0.15) is 11.5 Å². The maximum atomic E-state index is 12.0. The third kappa shape index (κ3) is 3.37. The Balaban J connectivity index is 2.93. The van der Waals surface area contributed by atoms with Crippen molar-refractivity contribution in [1.82, 2.24) is 5.32 Å². The van der Waals surface area contributed by atoms with Crippen molar-refractivity contribution in [3.63, 3.8) is 0 Å². The molecule has 1 N–H and O–H groups in total. The number of methoxy groups -OCH3 is 2. The van der Waals surface area contributed by atoms with Gasteiger partial charge >= 0.3 is 0 Å². The van der Waals surface area contributed by atoms with Crippen molar-refractivity contribution >= 4 is 5.91 Å². The molecule has 0 unspecified atom stereocenters. The molecule has 0 bridgehead atoms. The second kappa shape index (κ2) is 6.13. The number of benzene rings is 1. The molecule has 0 saturated carbocycles. The minimum atomic E-state index is -0.126. The molecule has 94 valence electrons. The lowest BCUT2D eigenvalue weighted by molar-refractivity contribution is 0.0936. The van der Waals surface area contributed by atoms with Gasteiger partial charge in [-0.3, -0.25) is 4.79 Å². The standard InChI is InChI=1S/C13H19NO3/c1-5-9(2)14-13(15)11-7-6-10(16-3)8-12(11)17-4/h6-9H,5H2,1-4H3,(H,14,15)/t9-/m0/s1. The Morgan fingerprint density at radius 3 is 2.59 bits per heavy atom. The number of carbonyl (C=O) groups is 1. The molecule has 0 aliphatic rings. The predicted molar refractivity (Wildman–Crippen MR) is 66.8 cm³/mol. The Bertz CT molecular complexity index is 390. The van der Waals surface area contributed by atoms with Crippen LogP contribution < -0.4 is 14.8 Å². The van der Waals surface area contributed by atoms with Crippen LogP contribution in [0.1, 0.15) is 30.6 Å². The van der Waals surface area contributed by atoms with E-state index in [1.807, 2.05) is 13.8 Å². The maximum Gasteiger partial charge on any atom is 0.255 e. The highest BCUT2D eigenvalue weighted by atomic mass is 16.5. The lowest BCUT2D eigenvalue weighted by atomic mass is 10.1. The van der Waals surface area contributed by atoms with E-state index in [9.17, 15) is 4.79 Å². The van der Waals surface area contributed by atoms with Gasteiger partial charge in [-0.2, -0.15) is 0 Å². The summed E-state index contributed by atoms with van der Waals surface area (Å²) in [7, 11) is 3.11. The van der Waals surface area contributed by atoms with E-state index in [0.717, 1.165) is 6.42 Å². The van der Waals surface area contributed by atoms with E-state index >= 15 is 0 Å². The molecule has 1 atom stereocenters. The molecule has 17 heavy (non-hydrogen) atoms. The molecule has 0 spiro atoms. The number of rotatable bonds is 5. The fourth-order valence-electron chi connectivity index (χ4n) is 1.39. The van der Waals surface area contributed by atoms with Crippen molar-refractivity contribution in [3.05, 3.63) is 23.8 Å². The van der Waals surface area contributed by atoms with Crippen LogP contribution in [0.15, 0.2) is 18.2 Å². The lowest BCUT2D eigenvalue weighted by Crippen LogP contribution is -2.32. The summed E-state index contributed by atoms with van der Waals surface area (Å²) in [5.74, 6) is 1.06. The van der Waals surface area contributed by atoms with E-state index in [1.165, 1.54) is 7.11 Å². The van der Waals surface area contributed by atoms with Crippen LogP contribution in [0.4, 0.5) is 0 Å². The van der Waals surface area contributed by atoms with Crippen molar-refractivity contribution in [2.24, 2.45) is 0 Å². The van der Waals surface area contributed by atoms with E-state index in [-0.39, 0.29) is 11.9 Å². The number of amides is 1. The second-order valence-corrected chi connectivity index (χ2v) is 3.85. The van der Waals surface area contributed by atoms with Crippen molar-refractivity contribution < 1.29 is 14.3 Å². The summed E-state index contributed by atoms with van der Waals surface area (Å²) in [4.78, 5) is 12.0. The Kier molecular flexibility index (Phi) is 4.82. The molecule has 1 aromatic carbocycles. The minimum absolute atomic E-state index is 0.126. The normalized spacial score (nSPS) is 11.8. The van der Waals surface area contributed by atoms with Crippen LogP contribution in [0.5, 0.6) is 11.5 Å². The number of carbonyl (C=O) groups excluding carboxylic acids is 1. The lowest BCUT2D eigenvalue weighted by Gasteiger charge is -2.14. The van der Waals surface area contributed by atoms with Crippen LogP contribution in [-0.4, -0.2) is 26.2 Å². The Morgan fingerprint density at radius 1 is 1.35 bits per heavy atom. The first-order valence-electron chi connectivity index (χ1n) is 5.65. The van der Waals surface area contributed by atoms with Gasteiger partial charge in [-0.25, -0.2) is 0 Å². The number of ether oxygens (including phenoxy) is 2. The molecule has 0 aromatic heterocycles. The SMILES string of the molecule is CC[C@H](C)NC(=O)c1ccc(OC)cc1OC. The predicted octanol–water partition coefficient (Wildman–Crippen LogP) is 2.23. The first-order valence-corrected chi connectivity index (χ1v) is 5.65. The molecule has 0 radical (unpaired) electrons. The van der Waals surface area contributed by atoms with Gasteiger partial charge in [0.25, 0.3) is 5.91 Å². The largest absolute Gasteiger partial charge is 0.497 e. The summed E-state index contributed by atoms with van der Waals surface area (Å²) in [5, 5.41) is 2.90. The quantitative estimate of drug-likeness (QED) is 0.854. The Hall–Kier alpha value is -1.71. The van der Waals surface area contributed by atoms with Crippen LogP contribution in [-0.2, 0) is 0 Å². The molecule has 0 fully saturated rings. The van der Waals surface area contributed by atoms with Crippen LogP contribution in [0.25, 0.3) is 0 Å². The summed E-state index contributed by atoms with van der Waals surface area (Å²) >= 11 is 0. The Labute approximate surface area is 102 Å². The zero-order valence-electron chi connectivity index (χ0n) is 10.7. The van der Waals surface area contributed by atoms with Gasteiger partial charge in [-0.05, 0) is 25.5 Å². The molecule has 1 rings (SSSR count). The maximum absolute atomic E-state index is 12.0. The van der Waals surface area contributed by atoms with Gasteiger partial charge in [-0.15, -0.1) is 0 Å². The summed E-state index contributed by atoms with van der Waals surface area (Å²) in [6.07, 6.45) is 0.893. The molecule has 0 saturated heterocycles. The topological polar surface area (TPSA) is 47.6 Å². The highest BCUT2D eigenvalue weighted by molar-refractivity contribution is 5.97. The molecule has 4 heteroatoms. The fourth-order valence-corrected chi connectivity index (χ4v) is 1.39.